The van der Waals surface area contributed by atoms with E-state index < -0.39 is 0 Å². The summed E-state index contributed by atoms with van der Waals surface area (Å²) in [5, 5.41) is 9.67. The molecule has 0 aliphatic heterocycles. The Morgan fingerprint density at radius 2 is 1.50 bits per heavy atom. The highest BCUT2D eigenvalue weighted by Gasteiger charge is 2.30. The number of aryl methyl sites for hydroxylation is 1. The maximum Gasteiger partial charge on any atom is 0.194 e. The molecule has 1 aliphatic rings. The second-order valence-electron chi connectivity index (χ2n) is 4.77. The zero-order valence-corrected chi connectivity index (χ0v) is 11.5. The van der Waals surface area contributed by atoms with Crippen LogP contribution in [0.5, 0.6) is 17.2 Å². The lowest BCUT2D eigenvalue weighted by Gasteiger charge is -2.10. The number of benzene rings is 2. The number of fused-ring (bicyclic) bond motifs is 3. The van der Waals surface area contributed by atoms with Crippen LogP contribution in [0.15, 0.2) is 24.3 Å². The molecule has 0 radical (unpaired) electrons. The normalized spacial score (nSPS) is 12.1. The highest BCUT2D eigenvalue weighted by molar-refractivity contribution is 6.22. The minimum Gasteiger partial charge on any atom is -0.508 e. The van der Waals surface area contributed by atoms with Gasteiger partial charge in [-0.1, -0.05) is 0 Å². The van der Waals surface area contributed by atoms with Gasteiger partial charge in [0.25, 0.3) is 0 Å². The fourth-order valence-corrected chi connectivity index (χ4v) is 2.72. The summed E-state index contributed by atoms with van der Waals surface area (Å²) in [5.41, 5.74) is 3.63. The van der Waals surface area contributed by atoms with Gasteiger partial charge >= 0.3 is 0 Å². The van der Waals surface area contributed by atoms with Gasteiger partial charge in [0.05, 0.1) is 14.2 Å². The largest absolute Gasteiger partial charge is 0.508 e. The van der Waals surface area contributed by atoms with Gasteiger partial charge in [-0.15, -0.1) is 0 Å². The molecule has 0 amide bonds. The number of phenols is 1. The quantitative estimate of drug-likeness (QED) is 0.778. The summed E-state index contributed by atoms with van der Waals surface area (Å²) in [6.07, 6.45) is 0. The summed E-state index contributed by atoms with van der Waals surface area (Å²) in [7, 11) is 3.10. The first-order chi connectivity index (χ1) is 9.56. The van der Waals surface area contributed by atoms with Crippen LogP contribution in [0.4, 0.5) is 0 Å². The molecule has 0 bridgehead atoms. The summed E-state index contributed by atoms with van der Waals surface area (Å²) < 4.78 is 10.5. The van der Waals surface area contributed by atoms with E-state index in [9.17, 15) is 9.90 Å². The number of hydrogen-bond donors (Lipinski definition) is 1. The zero-order chi connectivity index (χ0) is 14.4. The number of phenolic OH excluding ortho intramolecular Hbond substituents is 1. The van der Waals surface area contributed by atoms with Crippen LogP contribution < -0.4 is 9.47 Å². The highest BCUT2D eigenvalue weighted by atomic mass is 16.5. The van der Waals surface area contributed by atoms with Gasteiger partial charge in [0.1, 0.15) is 5.75 Å². The fourth-order valence-electron chi connectivity index (χ4n) is 2.72. The van der Waals surface area contributed by atoms with Gasteiger partial charge in [0, 0.05) is 11.1 Å². The van der Waals surface area contributed by atoms with Crippen LogP contribution in [0.1, 0.15) is 21.5 Å². The molecule has 2 aromatic carbocycles. The average Bonchev–Trinajstić information content (AvgIpc) is 2.70. The topological polar surface area (TPSA) is 55.8 Å². The van der Waals surface area contributed by atoms with Crippen molar-refractivity contribution in [2.24, 2.45) is 0 Å². The number of ketones is 1. The molecular weight excluding hydrogens is 256 g/mol. The molecule has 2 aromatic rings. The van der Waals surface area contributed by atoms with Gasteiger partial charge in [-0.3, -0.25) is 4.79 Å². The van der Waals surface area contributed by atoms with Gasteiger partial charge in [-0.05, 0) is 47.9 Å². The smallest absolute Gasteiger partial charge is 0.194 e. The minimum atomic E-state index is -0.102. The first kappa shape index (κ1) is 12.5. The summed E-state index contributed by atoms with van der Waals surface area (Å²) in [4.78, 5) is 12.5. The van der Waals surface area contributed by atoms with E-state index in [1.54, 1.807) is 19.2 Å². The monoisotopic (exact) mass is 270 g/mol. The van der Waals surface area contributed by atoms with Crippen molar-refractivity contribution in [1.29, 1.82) is 0 Å². The molecule has 3 rings (SSSR count). The molecule has 1 N–H and O–H groups in total. The van der Waals surface area contributed by atoms with E-state index in [0.717, 1.165) is 16.7 Å². The van der Waals surface area contributed by atoms with E-state index >= 15 is 0 Å². The molecule has 0 spiro atoms. The van der Waals surface area contributed by atoms with E-state index in [1.165, 1.54) is 13.2 Å². The van der Waals surface area contributed by atoms with Crippen molar-refractivity contribution in [3.63, 3.8) is 0 Å². The Morgan fingerprint density at radius 3 is 2.10 bits per heavy atom. The predicted molar refractivity (Wildman–Crippen MR) is 74.8 cm³/mol. The summed E-state index contributed by atoms with van der Waals surface area (Å²) in [5.74, 6) is 1.10. The van der Waals surface area contributed by atoms with Gasteiger partial charge in [-0.25, -0.2) is 0 Å². The lowest BCUT2D eigenvalue weighted by Crippen LogP contribution is -1.97. The number of carbonyl (C=O) groups is 1. The number of carbonyl (C=O) groups excluding carboxylic acids is 1. The minimum absolute atomic E-state index is 0.0985. The predicted octanol–water partition coefficient (Wildman–Crippen LogP) is 2.93. The molecule has 0 saturated carbocycles. The van der Waals surface area contributed by atoms with Crippen molar-refractivity contribution >= 4 is 5.78 Å². The highest BCUT2D eigenvalue weighted by Crippen LogP contribution is 2.45. The molecule has 4 nitrogen and oxygen atoms in total. The van der Waals surface area contributed by atoms with E-state index in [4.69, 9.17) is 9.47 Å². The third kappa shape index (κ3) is 1.58. The second kappa shape index (κ2) is 4.27. The van der Waals surface area contributed by atoms with Crippen LogP contribution >= 0.6 is 0 Å². The Labute approximate surface area is 116 Å². The SMILES string of the molecule is COc1cc2c(cc1OC)-c1c(C)cc(O)cc1C2=O. The average molecular weight is 270 g/mol. The molecule has 0 fully saturated rings. The first-order valence-electron chi connectivity index (χ1n) is 6.21. The van der Waals surface area contributed by atoms with E-state index in [1.807, 2.05) is 13.0 Å². The van der Waals surface area contributed by atoms with Crippen LogP contribution in [0.2, 0.25) is 0 Å². The maximum absolute atomic E-state index is 12.5. The molecule has 1 aliphatic carbocycles. The number of ether oxygens (including phenoxy) is 2. The fraction of sp³-hybridized carbons (Fsp3) is 0.188. The van der Waals surface area contributed by atoms with E-state index in [0.29, 0.717) is 22.6 Å². The third-order valence-corrected chi connectivity index (χ3v) is 3.60. The summed E-state index contributed by atoms with van der Waals surface area (Å²) in [6.45, 7) is 1.87. The lowest BCUT2D eigenvalue weighted by molar-refractivity contribution is 0.104. The van der Waals surface area contributed by atoms with Crippen LogP contribution in [-0.2, 0) is 0 Å². The van der Waals surface area contributed by atoms with Crippen LogP contribution in [0.25, 0.3) is 11.1 Å². The molecule has 0 saturated heterocycles. The number of rotatable bonds is 2. The van der Waals surface area contributed by atoms with Gasteiger partial charge in [0.15, 0.2) is 17.3 Å². The number of methoxy groups -OCH3 is 2. The van der Waals surface area contributed by atoms with Crippen LogP contribution in [0, 0.1) is 6.92 Å². The Balaban J connectivity index is 2.33. The van der Waals surface area contributed by atoms with Crippen LogP contribution in [0.3, 0.4) is 0 Å². The molecule has 102 valence electrons. The Bertz CT molecular complexity index is 732. The van der Waals surface area contributed by atoms with Crippen molar-refractivity contribution < 1.29 is 19.4 Å². The third-order valence-electron chi connectivity index (χ3n) is 3.60. The van der Waals surface area contributed by atoms with Crippen molar-refractivity contribution in [2.45, 2.75) is 6.92 Å². The molecule has 0 atom stereocenters. The Kier molecular flexibility index (Phi) is 2.67. The zero-order valence-electron chi connectivity index (χ0n) is 11.5. The van der Waals surface area contributed by atoms with Gasteiger partial charge in [-0.2, -0.15) is 0 Å². The van der Waals surface area contributed by atoms with E-state index in [2.05, 4.69) is 0 Å². The molecule has 0 unspecified atom stereocenters. The van der Waals surface area contributed by atoms with E-state index in [-0.39, 0.29) is 11.5 Å². The molecule has 4 heteroatoms. The van der Waals surface area contributed by atoms with Crippen LogP contribution in [-0.4, -0.2) is 25.1 Å². The summed E-state index contributed by atoms with van der Waals surface area (Å²) in [6, 6.07) is 6.65. The van der Waals surface area contributed by atoms with Crippen molar-refractivity contribution in [1.82, 2.24) is 0 Å². The second-order valence-corrected chi connectivity index (χ2v) is 4.77. The Hall–Kier alpha value is -2.49. The van der Waals surface area contributed by atoms with Crippen molar-refractivity contribution in [3.8, 4) is 28.4 Å². The standard InChI is InChI=1S/C16H14O4/c1-8-4-9(17)5-12-15(8)10-6-13(19-2)14(20-3)7-11(10)16(12)18/h4-7,17H,1-3H3. The number of hydrogen-bond acceptors (Lipinski definition) is 4. The van der Waals surface area contributed by atoms with Crippen molar-refractivity contribution in [3.05, 3.63) is 41.0 Å². The lowest BCUT2D eigenvalue weighted by atomic mass is 10.00. The molecule has 0 aromatic heterocycles. The number of aromatic hydroxyl groups is 1. The summed E-state index contributed by atoms with van der Waals surface area (Å²) >= 11 is 0. The molecule has 0 heterocycles. The Morgan fingerprint density at radius 1 is 0.900 bits per heavy atom. The van der Waals surface area contributed by atoms with Gasteiger partial charge < -0.3 is 14.6 Å². The van der Waals surface area contributed by atoms with Crippen molar-refractivity contribution in [2.75, 3.05) is 14.2 Å². The molecular formula is C16H14O4. The first-order valence-corrected chi connectivity index (χ1v) is 6.21. The van der Waals surface area contributed by atoms with Gasteiger partial charge in [0.2, 0.25) is 0 Å². The maximum atomic E-state index is 12.5. The molecule has 20 heavy (non-hydrogen) atoms.